The van der Waals surface area contributed by atoms with Crippen molar-refractivity contribution in [1.29, 1.82) is 0 Å². The first-order valence-corrected chi connectivity index (χ1v) is 10.8. The van der Waals surface area contributed by atoms with Crippen molar-refractivity contribution < 1.29 is 23.3 Å². The maximum Gasteiger partial charge on any atom is 0.269 e. The van der Waals surface area contributed by atoms with Crippen molar-refractivity contribution in [3.8, 4) is 0 Å². The molecule has 2 aromatic carbocycles. The Kier molecular flexibility index (Phi) is 8.13. The SMILES string of the molecule is CC(C)CN(CC(=O)N(Cc1ccc(F)cc1)Cc1ccco1)C(=O)c1ccc([N+](=O)[O-])cc1. The zero-order valence-corrected chi connectivity index (χ0v) is 19.0. The number of carbonyl (C=O) groups excluding carboxylic acids is 2. The van der Waals surface area contributed by atoms with Crippen molar-refractivity contribution >= 4 is 17.5 Å². The van der Waals surface area contributed by atoms with Gasteiger partial charge in [-0.15, -0.1) is 0 Å². The second-order valence-electron chi connectivity index (χ2n) is 8.34. The first kappa shape index (κ1) is 24.6. The molecule has 0 aliphatic carbocycles. The van der Waals surface area contributed by atoms with Gasteiger partial charge in [-0.1, -0.05) is 26.0 Å². The minimum atomic E-state index is -0.536. The molecule has 0 bridgehead atoms. The van der Waals surface area contributed by atoms with Gasteiger partial charge < -0.3 is 14.2 Å². The molecule has 0 unspecified atom stereocenters. The smallest absolute Gasteiger partial charge is 0.269 e. The number of hydrogen-bond acceptors (Lipinski definition) is 5. The second kappa shape index (κ2) is 11.2. The van der Waals surface area contributed by atoms with Crippen LogP contribution in [0.5, 0.6) is 0 Å². The van der Waals surface area contributed by atoms with Crippen LogP contribution in [0.3, 0.4) is 0 Å². The second-order valence-corrected chi connectivity index (χ2v) is 8.34. The van der Waals surface area contributed by atoms with Crippen molar-refractivity contribution in [2.75, 3.05) is 13.1 Å². The predicted molar refractivity (Wildman–Crippen MR) is 123 cm³/mol. The van der Waals surface area contributed by atoms with Crippen LogP contribution in [0.1, 0.15) is 35.5 Å². The average molecular weight is 467 g/mol. The lowest BCUT2D eigenvalue weighted by Gasteiger charge is -2.28. The van der Waals surface area contributed by atoms with Crippen molar-refractivity contribution in [1.82, 2.24) is 9.80 Å². The van der Waals surface area contributed by atoms with Crippen LogP contribution in [-0.4, -0.2) is 39.6 Å². The van der Waals surface area contributed by atoms with Gasteiger partial charge in [0, 0.05) is 30.8 Å². The maximum absolute atomic E-state index is 13.3. The Hall–Kier alpha value is -4.01. The summed E-state index contributed by atoms with van der Waals surface area (Å²) in [7, 11) is 0. The van der Waals surface area contributed by atoms with E-state index in [2.05, 4.69) is 0 Å². The number of amides is 2. The van der Waals surface area contributed by atoms with E-state index in [1.807, 2.05) is 13.8 Å². The number of nitro benzene ring substituents is 1. The predicted octanol–water partition coefficient (Wildman–Crippen LogP) is 4.65. The van der Waals surface area contributed by atoms with Crippen LogP contribution in [-0.2, 0) is 17.9 Å². The van der Waals surface area contributed by atoms with Crippen molar-refractivity contribution in [2.45, 2.75) is 26.9 Å². The fraction of sp³-hybridized carbons (Fsp3) is 0.280. The Morgan fingerprint density at radius 2 is 1.68 bits per heavy atom. The van der Waals surface area contributed by atoms with Gasteiger partial charge in [0.15, 0.2) is 0 Å². The van der Waals surface area contributed by atoms with Gasteiger partial charge in [0.25, 0.3) is 11.6 Å². The number of nitrogens with zero attached hydrogens (tertiary/aromatic N) is 3. The van der Waals surface area contributed by atoms with Gasteiger partial charge in [0.1, 0.15) is 18.1 Å². The van der Waals surface area contributed by atoms with Gasteiger partial charge in [-0.25, -0.2) is 4.39 Å². The standard InChI is InChI=1S/C25H26FN3O5/c1-18(2)14-28(25(31)20-7-11-22(12-8-20)29(32)33)17-24(30)27(16-23-4-3-13-34-23)15-19-5-9-21(26)10-6-19/h3-13,18H,14-17H2,1-2H3. The highest BCUT2D eigenvalue weighted by molar-refractivity contribution is 5.96. The molecule has 3 aromatic rings. The molecule has 0 fully saturated rings. The van der Waals surface area contributed by atoms with Crippen LogP contribution >= 0.6 is 0 Å². The molecule has 1 heterocycles. The zero-order chi connectivity index (χ0) is 24.7. The van der Waals surface area contributed by atoms with Gasteiger partial charge in [0.05, 0.1) is 17.7 Å². The Morgan fingerprint density at radius 3 is 2.24 bits per heavy atom. The summed E-state index contributed by atoms with van der Waals surface area (Å²) in [5, 5.41) is 10.9. The molecule has 0 aliphatic heterocycles. The third kappa shape index (κ3) is 6.74. The summed E-state index contributed by atoms with van der Waals surface area (Å²) in [4.78, 5) is 39.9. The zero-order valence-electron chi connectivity index (χ0n) is 19.0. The molecule has 0 N–H and O–H groups in total. The summed E-state index contributed by atoms with van der Waals surface area (Å²) in [5.74, 6) is -0.407. The highest BCUT2D eigenvalue weighted by atomic mass is 19.1. The molecule has 1 aromatic heterocycles. The van der Waals surface area contributed by atoms with Gasteiger partial charge >= 0.3 is 0 Å². The van der Waals surface area contributed by atoms with Crippen molar-refractivity contribution in [3.05, 3.63) is 99.7 Å². The number of non-ortho nitro benzene ring substituents is 1. The van der Waals surface area contributed by atoms with Crippen LogP contribution in [0.15, 0.2) is 71.3 Å². The molecule has 0 saturated carbocycles. The van der Waals surface area contributed by atoms with Crippen LogP contribution in [0.2, 0.25) is 0 Å². The number of benzene rings is 2. The van der Waals surface area contributed by atoms with E-state index in [1.165, 1.54) is 47.6 Å². The Morgan fingerprint density at radius 1 is 1.00 bits per heavy atom. The van der Waals surface area contributed by atoms with Crippen LogP contribution < -0.4 is 0 Å². The van der Waals surface area contributed by atoms with E-state index in [-0.39, 0.29) is 48.5 Å². The lowest BCUT2D eigenvalue weighted by atomic mass is 10.1. The lowest BCUT2D eigenvalue weighted by Crippen LogP contribution is -2.43. The number of halogens is 1. The molecule has 8 nitrogen and oxygen atoms in total. The lowest BCUT2D eigenvalue weighted by molar-refractivity contribution is -0.384. The minimum Gasteiger partial charge on any atom is -0.467 e. The molecule has 0 saturated heterocycles. The summed E-state index contributed by atoms with van der Waals surface area (Å²) in [6.07, 6.45) is 1.51. The molecule has 9 heteroatoms. The first-order valence-electron chi connectivity index (χ1n) is 10.8. The number of rotatable bonds is 10. The Balaban J connectivity index is 1.80. The number of furan rings is 1. The molecular weight excluding hydrogens is 441 g/mol. The van der Waals surface area contributed by atoms with Crippen LogP contribution in [0, 0.1) is 21.8 Å². The van der Waals surface area contributed by atoms with E-state index in [4.69, 9.17) is 4.42 Å². The third-order valence-corrected chi connectivity index (χ3v) is 5.09. The summed E-state index contributed by atoms with van der Waals surface area (Å²) >= 11 is 0. The van der Waals surface area contributed by atoms with E-state index in [9.17, 15) is 24.1 Å². The number of nitro groups is 1. The van der Waals surface area contributed by atoms with E-state index < -0.39 is 10.8 Å². The highest BCUT2D eigenvalue weighted by Crippen LogP contribution is 2.16. The molecule has 0 atom stereocenters. The Labute approximate surface area is 196 Å². The van der Waals surface area contributed by atoms with Crippen LogP contribution in [0.4, 0.5) is 10.1 Å². The fourth-order valence-electron chi connectivity index (χ4n) is 3.46. The molecule has 0 spiro atoms. The Bertz CT molecular complexity index is 1110. The highest BCUT2D eigenvalue weighted by Gasteiger charge is 2.24. The summed E-state index contributed by atoms with van der Waals surface area (Å²) in [5.41, 5.74) is 0.875. The van der Waals surface area contributed by atoms with E-state index >= 15 is 0 Å². The molecule has 0 aliphatic rings. The third-order valence-electron chi connectivity index (χ3n) is 5.09. The molecule has 34 heavy (non-hydrogen) atoms. The molecule has 0 radical (unpaired) electrons. The normalized spacial score (nSPS) is 10.8. The van der Waals surface area contributed by atoms with Gasteiger partial charge in [0.2, 0.25) is 5.91 Å². The largest absolute Gasteiger partial charge is 0.467 e. The summed E-state index contributed by atoms with van der Waals surface area (Å²) < 4.78 is 18.7. The average Bonchev–Trinajstić information content (AvgIpc) is 3.32. The van der Waals surface area contributed by atoms with Gasteiger partial charge in [-0.05, 0) is 47.9 Å². The minimum absolute atomic E-state index is 0.0884. The topological polar surface area (TPSA) is 96.9 Å². The van der Waals surface area contributed by atoms with Gasteiger partial charge in [-0.3, -0.25) is 19.7 Å². The first-order chi connectivity index (χ1) is 16.2. The number of carbonyl (C=O) groups is 2. The maximum atomic E-state index is 13.3. The van der Waals surface area contributed by atoms with Crippen LogP contribution in [0.25, 0.3) is 0 Å². The van der Waals surface area contributed by atoms with Gasteiger partial charge in [-0.2, -0.15) is 0 Å². The molecule has 3 rings (SSSR count). The van der Waals surface area contributed by atoms with Crippen molar-refractivity contribution in [2.24, 2.45) is 5.92 Å². The molecular formula is C25H26FN3O5. The van der Waals surface area contributed by atoms with E-state index in [0.29, 0.717) is 12.3 Å². The summed E-state index contributed by atoms with van der Waals surface area (Å²) in [6.45, 7) is 4.40. The van der Waals surface area contributed by atoms with E-state index in [1.54, 1.807) is 29.2 Å². The fourth-order valence-corrected chi connectivity index (χ4v) is 3.46. The molecule has 178 valence electrons. The monoisotopic (exact) mass is 467 g/mol. The number of hydrogen-bond donors (Lipinski definition) is 0. The quantitative estimate of drug-likeness (QED) is 0.319. The summed E-state index contributed by atoms with van der Waals surface area (Å²) in [6, 6.07) is 14.6. The van der Waals surface area contributed by atoms with E-state index in [0.717, 1.165) is 5.56 Å². The van der Waals surface area contributed by atoms with Crippen molar-refractivity contribution in [3.63, 3.8) is 0 Å². The molecule has 2 amide bonds.